The molecule has 0 aliphatic heterocycles. The predicted molar refractivity (Wildman–Crippen MR) is 55.0 cm³/mol. The Labute approximate surface area is 84.6 Å². The summed E-state index contributed by atoms with van der Waals surface area (Å²) in [5, 5.41) is 0. The second-order valence-corrected chi connectivity index (χ2v) is 4.04. The summed E-state index contributed by atoms with van der Waals surface area (Å²) in [6, 6.07) is 3.57. The molecule has 0 aliphatic rings. The van der Waals surface area contributed by atoms with Crippen molar-refractivity contribution in [2.45, 2.75) is 33.0 Å². The molecule has 0 saturated carbocycles. The fourth-order valence-corrected chi connectivity index (χ4v) is 0.868. The van der Waals surface area contributed by atoms with Gasteiger partial charge in [-0.2, -0.15) is 0 Å². The maximum Gasteiger partial charge on any atom is 0.269 e. The van der Waals surface area contributed by atoms with Gasteiger partial charge in [0.15, 0.2) is 0 Å². The molecule has 0 amide bonds. The summed E-state index contributed by atoms with van der Waals surface area (Å²) in [6.07, 6.45) is 1.68. The lowest BCUT2D eigenvalue weighted by Gasteiger charge is -2.18. The molecule has 1 rings (SSSR count). The number of rotatable bonds is 2. The van der Waals surface area contributed by atoms with Crippen molar-refractivity contribution < 1.29 is 4.74 Å². The smallest absolute Gasteiger partial charge is 0.269 e. The molecule has 0 spiro atoms. The van der Waals surface area contributed by atoms with Gasteiger partial charge in [0.2, 0.25) is 0 Å². The van der Waals surface area contributed by atoms with Gasteiger partial charge in [-0.25, -0.2) is 0 Å². The van der Waals surface area contributed by atoms with Crippen molar-refractivity contribution in [2.75, 3.05) is 0 Å². The number of nitrogens with zero attached hydrogens (tertiary/aromatic N) is 2. The molecule has 0 bridgehead atoms. The fraction of sp³-hybridized carbons (Fsp3) is 0.455. The zero-order chi connectivity index (χ0) is 10.6. The van der Waals surface area contributed by atoms with Gasteiger partial charge in [0.1, 0.15) is 6.20 Å². The molecule has 0 fully saturated rings. The summed E-state index contributed by atoms with van der Waals surface area (Å²) < 4.78 is 5.57. The summed E-state index contributed by atoms with van der Waals surface area (Å²) in [4.78, 5) is 7.18. The molecule has 0 radical (unpaired) electrons. The zero-order valence-corrected chi connectivity index (χ0v) is 8.74. The molecule has 1 heterocycles. The first-order chi connectivity index (χ1) is 6.51. The third kappa shape index (κ3) is 3.55. The van der Waals surface area contributed by atoms with Crippen LogP contribution in [0.15, 0.2) is 18.3 Å². The van der Waals surface area contributed by atoms with Gasteiger partial charge in [-0.05, 0) is 26.8 Å². The molecule has 1 aromatic rings. The first-order valence-corrected chi connectivity index (χ1v) is 4.47. The number of hydrogen-bond acceptors (Lipinski definition) is 2. The summed E-state index contributed by atoms with van der Waals surface area (Å²) in [5.74, 6) is 0.421. The van der Waals surface area contributed by atoms with Crippen LogP contribution in [0.5, 0.6) is 0 Å². The maximum atomic E-state index is 6.75. The first kappa shape index (κ1) is 10.7. The van der Waals surface area contributed by atoms with E-state index in [0.29, 0.717) is 12.4 Å². The predicted octanol–water partition coefficient (Wildman–Crippen LogP) is 2.95. The van der Waals surface area contributed by atoms with E-state index < -0.39 is 0 Å². The second kappa shape index (κ2) is 4.21. The van der Waals surface area contributed by atoms with Gasteiger partial charge in [-0.1, -0.05) is 12.6 Å². The Morgan fingerprint density at radius 2 is 2.14 bits per heavy atom. The van der Waals surface area contributed by atoms with E-state index in [-0.39, 0.29) is 5.60 Å². The Kier molecular flexibility index (Phi) is 3.21. The maximum absolute atomic E-state index is 6.75. The summed E-state index contributed by atoms with van der Waals surface area (Å²) in [5.41, 5.74) is 0.852. The number of pyridine rings is 1. The first-order valence-electron chi connectivity index (χ1n) is 4.47. The van der Waals surface area contributed by atoms with Gasteiger partial charge < -0.3 is 9.58 Å². The standard InChI is InChI=1S/C11H14N2O/c1-11(2,3)14-8-9-5-6-10(12-4)13-7-9/h5-7H,8H2,1-3H3. The van der Waals surface area contributed by atoms with Crippen LogP contribution in [0.2, 0.25) is 0 Å². The van der Waals surface area contributed by atoms with E-state index in [2.05, 4.69) is 9.83 Å². The molecule has 0 atom stereocenters. The molecule has 3 heteroatoms. The molecular weight excluding hydrogens is 176 g/mol. The highest BCUT2D eigenvalue weighted by Gasteiger charge is 2.10. The normalized spacial score (nSPS) is 11.0. The highest BCUT2D eigenvalue weighted by Crippen LogP contribution is 2.13. The Hall–Kier alpha value is -1.40. The van der Waals surface area contributed by atoms with E-state index in [9.17, 15) is 0 Å². The lowest BCUT2D eigenvalue weighted by Crippen LogP contribution is -2.18. The fourth-order valence-electron chi connectivity index (χ4n) is 0.868. The molecule has 0 unspecified atom stereocenters. The Morgan fingerprint density at radius 1 is 1.43 bits per heavy atom. The molecule has 0 N–H and O–H groups in total. The van der Waals surface area contributed by atoms with Crippen molar-refractivity contribution in [3.8, 4) is 0 Å². The quantitative estimate of drug-likeness (QED) is 0.670. The molecule has 0 aliphatic carbocycles. The van der Waals surface area contributed by atoms with Crippen molar-refractivity contribution in [1.82, 2.24) is 4.98 Å². The van der Waals surface area contributed by atoms with Crippen LogP contribution >= 0.6 is 0 Å². The SMILES string of the molecule is [C-]#[N+]c1ccc(COC(C)(C)C)cn1. The zero-order valence-electron chi connectivity index (χ0n) is 8.74. The molecule has 3 nitrogen and oxygen atoms in total. The lowest BCUT2D eigenvalue weighted by atomic mass is 10.2. The van der Waals surface area contributed by atoms with E-state index in [1.807, 2.05) is 26.8 Å². The molecule has 1 aromatic heterocycles. The van der Waals surface area contributed by atoms with Crippen molar-refractivity contribution >= 4 is 5.82 Å². The summed E-state index contributed by atoms with van der Waals surface area (Å²) in [7, 11) is 0. The Balaban J connectivity index is 2.58. The van der Waals surface area contributed by atoms with Crippen molar-refractivity contribution in [3.05, 3.63) is 35.3 Å². The Bertz CT molecular complexity index is 330. The van der Waals surface area contributed by atoms with E-state index in [0.717, 1.165) is 5.56 Å². The minimum absolute atomic E-state index is 0.140. The van der Waals surface area contributed by atoms with E-state index >= 15 is 0 Å². The lowest BCUT2D eigenvalue weighted by molar-refractivity contribution is -0.0150. The van der Waals surface area contributed by atoms with E-state index in [1.54, 1.807) is 12.3 Å². The van der Waals surface area contributed by atoms with Crippen molar-refractivity contribution in [1.29, 1.82) is 0 Å². The van der Waals surface area contributed by atoms with Gasteiger partial charge in [0.05, 0.1) is 12.2 Å². The van der Waals surface area contributed by atoms with Crippen molar-refractivity contribution in [2.24, 2.45) is 0 Å². The highest BCUT2D eigenvalue weighted by molar-refractivity contribution is 5.35. The minimum atomic E-state index is -0.140. The van der Waals surface area contributed by atoms with E-state index in [4.69, 9.17) is 11.3 Å². The Morgan fingerprint density at radius 3 is 2.57 bits per heavy atom. The summed E-state index contributed by atoms with van der Waals surface area (Å²) in [6.45, 7) is 13.3. The van der Waals surface area contributed by atoms with Crippen LogP contribution in [0.3, 0.4) is 0 Å². The molecule has 14 heavy (non-hydrogen) atoms. The van der Waals surface area contributed by atoms with Gasteiger partial charge in [-0.3, -0.25) is 0 Å². The number of ether oxygens (including phenoxy) is 1. The minimum Gasteiger partial charge on any atom is -0.371 e. The largest absolute Gasteiger partial charge is 0.371 e. The molecule has 74 valence electrons. The van der Waals surface area contributed by atoms with Crippen LogP contribution < -0.4 is 0 Å². The third-order valence-electron chi connectivity index (χ3n) is 1.60. The number of hydrogen-bond donors (Lipinski definition) is 0. The molecule has 0 aromatic carbocycles. The monoisotopic (exact) mass is 190 g/mol. The second-order valence-electron chi connectivity index (χ2n) is 4.04. The van der Waals surface area contributed by atoms with Crippen LogP contribution in [0.1, 0.15) is 26.3 Å². The molecule has 0 saturated heterocycles. The van der Waals surface area contributed by atoms with Gasteiger partial charge >= 0.3 is 0 Å². The average molecular weight is 190 g/mol. The van der Waals surface area contributed by atoms with Crippen LogP contribution in [-0.4, -0.2) is 10.6 Å². The summed E-state index contributed by atoms with van der Waals surface area (Å²) >= 11 is 0. The van der Waals surface area contributed by atoms with E-state index in [1.165, 1.54) is 0 Å². The molecular formula is C11H14N2O. The van der Waals surface area contributed by atoms with Gasteiger partial charge in [0.25, 0.3) is 5.82 Å². The highest BCUT2D eigenvalue weighted by atomic mass is 16.5. The van der Waals surface area contributed by atoms with Crippen LogP contribution in [0, 0.1) is 6.57 Å². The number of aromatic nitrogens is 1. The topological polar surface area (TPSA) is 26.5 Å². The average Bonchev–Trinajstić information content (AvgIpc) is 2.14. The third-order valence-corrected chi connectivity index (χ3v) is 1.60. The van der Waals surface area contributed by atoms with Crippen molar-refractivity contribution in [3.63, 3.8) is 0 Å². The van der Waals surface area contributed by atoms with Gasteiger partial charge in [-0.15, -0.1) is 4.98 Å². The van der Waals surface area contributed by atoms with Crippen LogP contribution in [0.4, 0.5) is 5.82 Å². The van der Waals surface area contributed by atoms with Gasteiger partial charge in [0, 0.05) is 5.56 Å². The van der Waals surface area contributed by atoms with Crippen LogP contribution in [-0.2, 0) is 11.3 Å². The van der Waals surface area contributed by atoms with Crippen LogP contribution in [0.25, 0.3) is 4.85 Å².